The minimum atomic E-state index is -1.55. The second-order valence-electron chi connectivity index (χ2n) is 6.10. The molecule has 1 aliphatic heterocycles. The van der Waals surface area contributed by atoms with E-state index < -0.39 is 11.4 Å². The third-order valence-electron chi connectivity index (χ3n) is 5.02. The normalized spacial score (nSPS) is 28.2. The number of hydrogen-bond acceptors (Lipinski definition) is 3. The van der Waals surface area contributed by atoms with Crippen molar-refractivity contribution in [1.29, 1.82) is 0 Å². The van der Waals surface area contributed by atoms with E-state index in [-0.39, 0.29) is 17.3 Å². The van der Waals surface area contributed by atoms with E-state index in [0.29, 0.717) is 6.42 Å². The van der Waals surface area contributed by atoms with Crippen LogP contribution in [-0.4, -0.2) is 23.4 Å². The lowest BCUT2D eigenvalue weighted by atomic mass is 9.65. The van der Waals surface area contributed by atoms with E-state index in [0.717, 1.165) is 22.4 Å². The maximum absolute atomic E-state index is 12.8. The van der Waals surface area contributed by atoms with E-state index in [4.69, 9.17) is 0 Å². The van der Waals surface area contributed by atoms with Gasteiger partial charge < -0.3 is 4.90 Å². The van der Waals surface area contributed by atoms with Gasteiger partial charge in [0, 0.05) is 24.1 Å². The smallest absolute Gasteiger partial charge is 0.309 e. The molecule has 3 rings (SSSR count). The summed E-state index contributed by atoms with van der Waals surface area (Å²) < 4.78 is 0. The van der Waals surface area contributed by atoms with Crippen molar-refractivity contribution in [2.24, 2.45) is 0 Å². The maximum Gasteiger partial charge on any atom is 0.309 e. The third kappa shape index (κ3) is 1.66. The van der Waals surface area contributed by atoms with E-state index >= 15 is 0 Å². The van der Waals surface area contributed by atoms with E-state index in [1.807, 2.05) is 38.1 Å². The standard InChI is InChI=1S/C16H18N2O3/c1-10-8-13-12-6-4-5-7-14(12)17(3)15(19)16(13,18(20)21)9-11(10)2/h4-7,13H,8-9H2,1-3H3/t13-,16+/m0/s1. The van der Waals surface area contributed by atoms with Gasteiger partial charge in [-0.3, -0.25) is 14.9 Å². The minimum absolute atomic E-state index is 0.202. The maximum atomic E-state index is 12.8. The lowest BCUT2D eigenvalue weighted by Gasteiger charge is -2.43. The number of hydrogen-bond donors (Lipinski definition) is 0. The Morgan fingerprint density at radius 2 is 1.95 bits per heavy atom. The van der Waals surface area contributed by atoms with Crippen molar-refractivity contribution < 1.29 is 9.72 Å². The number of carbonyl (C=O) groups excluding carboxylic acids is 1. The molecule has 1 aliphatic carbocycles. The van der Waals surface area contributed by atoms with Crippen LogP contribution in [0.25, 0.3) is 0 Å². The molecule has 0 spiro atoms. The van der Waals surface area contributed by atoms with Crippen LogP contribution in [0, 0.1) is 10.1 Å². The highest BCUT2D eigenvalue weighted by Gasteiger charge is 2.63. The Kier molecular flexibility index (Phi) is 2.90. The molecule has 5 nitrogen and oxygen atoms in total. The summed E-state index contributed by atoms with van der Waals surface area (Å²) in [5, 5.41) is 11.9. The number of rotatable bonds is 1. The van der Waals surface area contributed by atoms with E-state index in [1.54, 1.807) is 7.05 Å². The molecule has 0 radical (unpaired) electrons. The quantitative estimate of drug-likeness (QED) is 0.453. The van der Waals surface area contributed by atoms with Crippen molar-refractivity contribution >= 4 is 11.6 Å². The second-order valence-corrected chi connectivity index (χ2v) is 6.10. The molecule has 5 heteroatoms. The summed E-state index contributed by atoms with van der Waals surface area (Å²) in [5.41, 5.74) is 2.27. The van der Waals surface area contributed by atoms with Gasteiger partial charge in [0.15, 0.2) is 0 Å². The first-order chi connectivity index (χ1) is 9.89. The number of para-hydroxylation sites is 1. The number of amides is 1. The average molecular weight is 286 g/mol. The number of benzene rings is 1. The van der Waals surface area contributed by atoms with Crippen LogP contribution < -0.4 is 4.90 Å². The van der Waals surface area contributed by atoms with Crippen molar-refractivity contribution in [3.05, 3.63) is 51.1 Å². The highest BCUT2D eigenvalue weighted by molar-refractivity contribution is 6.03. The molecule has 1 heterocycles. The molecule has 0 saturated carbocycles. The first kappa shape index (κ1) is 13.8. The molecule has 21 heavy (non-hydrogen) atoms. The molecule has 2 aliphatic rings. The van der Waals surface area contributed by atoms with Gasteiger partial charge in [0.1, 0.15) is 0 Å². The van der Waals surface area contributed by atoms with Crippen LogP contribution in [0.3, 0.4) is 0 Å². The number of fused-ring (bicyclic) bond motifs is 3. The summed E-state index contributed by atoms with van der Waals surface area (Å²) in [5.74, 6) is -0.779. The SMILES string of the molecule is CC1=C(C)C[C@]2([N+](=O)[O-])C(=O)N(C)c3ccccc3[C@@H]2C1. The molecule has 0 fully saturated rings. The first-order valence-corrected chi connectivity index (χ1v) is 7.06. The van der Waals surface area contributed by atoms with Gasteiger partial charge in [-0.2, -0.15) is 0 Å². The fraction of sp³-hybridized carbons (Fsp3) is 0.438. The largest absolute Gasteiger partial charge is 0.309 e. The molecule has 0 bridgehead atoms. The fourth-order valence-corrected chi connectivity index (χ4v) is 3.68. The predicted octanol–water partition coefficient (Wildman–Crippen LogP) is 2.89. The molecular formula is C16H18N2O3. The molecule has 1 aromatic carbocycles. The molecule has 0 saturated heterocycles. The zero-order valence-electron chi connectivity index (χ0n) is 12.4. The molecule has 110 valence electrons. The van der Waals surface area contributed by atoms with Crippen LogP contribution in [0.4, 0.5) is 5.69 Å². The monoisotopic (exact) mass is 286 g/mol. The molecule has 1 aromatic rings. The number of anilines is 1. The summed E-state index contributed by atoms with van der Waals surface area (Å²) >= 11 is 0. The average Bonchev–Trinajstić information content (AvgIpc) is 2.46. The van der Waals surface area contributed by atoms with Crippen LogP contribution in [-0.2, 0) is 4.79 Å². The lowest BCUT2D eigenvalue weighted by molar-refractivity contribution is -0.557. The van der Waals surface area contributed by atoms with Gasteiger partial charge in [-0.05, 0) is 31.9 Å². The zero-order chi connectivity index (χ0) is 15.4. The van der Waals surface area contributed by atoms with Gasteiger partial charge in [0.2, 0.25) is 0 Å². The van der Waals surface area contributed by atoms with Crippen LogP contribution >= 0.6 is 0 Å². The Balaban J connectivity index is 2.29. The summed E-state index contributed by atoms with van der Waals surface area (Å²) in [7, 11) is 1.63. The highest BCUT2D eigenvalue weighted by atomic mass is 16.6. The predicted molar refractivity (Wildman–Crippen MR) is 79.9 cm³/mol. The van der Waals surface area contributed by atoms with Gasteiger partial charge in [-0.1, -0.05) is 29.3 Å². The lowest BCUT2D eigenvalue weighted by Crippen LogP contribution is -2.61. The summed E-state index contributed by atoms with van der Waals surface area (Å²) in [4.78, 5) is 25.8. The number of nitro groups is 1. The number of nitrogens with zero attached hydrogens (tertiary/aromatic N) is 2. The van der Waals surface area contributed by atoms with Gasteiger partial charge in [-0.15, -0.1) is 0 Å². The number of likely N-dealkylation sites (N-methyl/N-ethyl adjacent to an activating group) is 1. The van der Waals surface area contributed by atoms with E-state index in [9.17, 15) is 14.9 Å². The van der Waals surface area contributed by atoms with Crippen LogP contribution in [0.1, 0.15) is 38.2 Å². The van der Waals surface area contributed by atoms with Crippen LogP contribution in [0.15, 0.2) is 35.4 Å². The van der Waals surface area contributed by atoms with E-state index in [2.05, 4.69) is 0 Å². The summed E-state index contributed by atoms with van der Waals surface area (Å²) in [6.45, 7) is 3.90. The highest BCUT2D eigenvalue weighted by Crippen LogP contribution is 2.51. The van der Waals surface area contributed by atoms with Crippen molar-refractivity contribution in [3.63, 3.8) is 0 Å². The molecule has 1 amide bonds. The Labute approximate surface area is 123 Å². The topological polar surface area (TPSA) is 63.5 Å². The molecule has 0 aromatic heterocycles. The zero-order valence-corrected chi connectivity index (χ0v) is 12.4. The van der Waals surface area contributed by atoms with Gasteiger partial charge >= 0.3 is 11.4 Å². The number of carbonyl (C=O) groups is 1. The molecule has 0 N–H and O–H groups in total. The fourth-order valence-electron chi connectivity index (χ4n) is 3.68. The third-order valence-corrected chi connectivity index (χ3v) is 5.02. The van der Waals surface area contributed by atoms with Gasteiger partial charge in [-0.25, -0.2) is 0 Å². The van der Waals surface area contributed by atoms with Crippen LogP contribution in [0.2, 0.25) is 0 Å². The van der Waals surface area contributed by atoms with Gasteiger partial charge in [0.25, 0.3) is 0 Å². The van der Waals surface area contributed by atoms with Crippen LogP contribution in [0.5, 0.6) is 0 Å². The van der Waals surface area contributed by atoms with Gasteiger partial charge in [0.05, 0.1) is 5.92 Å². The Bertz CT molecular complexity index is 680. The molecule has 0 unspecified atom stereocenters. The Hall–Kier alpha value is -2.17. The first-order valence-electron chi connectivity index (χ1n) is 7.06. The number of allylic oxidation sites excluding steroid dienone is 1. The van der Waals surface area contributed by atoms with Crippen molar-refractivity contribution in [3.8, 4) is 0 Å². The Morgan fingerprint density at radius 3 is 2.62 bits per heavy atom. The van der Waals surface area contributed by atoms with Crippen molar-refractivity contribution in [2.45, 2.75) is 38.1 Å². The molecule has 2 atom stereocenters. The Morgan fingerprint density at radius 1 is 1.29 bits per heavy atom. The molecular weight excluding hydrogens is 268 g/mol. The minimum Gasteiger partial charge on any atom is -0.309 e. The second kappa shape index (κ2) is 4.41. The summed E-state index contributed by atoms with van der Waals surface area (Å²) in [6, 6.07) is 7.51. The van der Waals surface area contributed by atoms with Crippen molar-refractivity contribution in [1.82, 2.24) is 0 Å². The van der Waals surface area contributed by atoms with E-state index in [1.165, 1.54) is 4.90 Å². The summed E-state index contributed by atoms with van der Waals surface area (Å²) in [6.07, 6.45) is 0.775. The van der Waals surface area contributed by atoms with Crippen molar-refractivity contribution in [2.75, 3.05) is 11.9 Å².